The molecule has 0 heterocycles. The van der Waals surface area contributed by atoms with Gasteiger partial charge in [0.1, 0.15) is 11.6 Å². The van der Waals surface area contributed by atoms with Gasteiger partial charge in [-0.15, -0.1) is 0 Å². The molecule has 5 heteroatoms. The minimum Gasteiger partial charge on any atom is -0.481 e. The van der Waals surface area contributed by atoms with E-state index in [1.54, 1.807) is 18.2 Å². The predicted octanol–water partition coefficient (Wildman–Crippen LogP) is 4.10. The van der Waals surface area contributed by atoms with Crippen molar-refractivity contribution < 1.29 is 18.7 Å². The maximum atomic E-state index is 13.6. The van der Waals surface area contributed by atoms with Crippen molar-refractivity contribution in [3.8, 4) is 0 Å². The lowest BCUT2D eigenvalue weighted by Gasteiger charge is -2.14. The molecule has 0 aliphatic rings. The fraction of sp³-hybridized carbons (Fsp3) is 0.188. The Bertz CT molecular complexity index is 658. The van der Waals surface area contributed by atoms with Gasteiger partial charge in [-0.2, -0.15) is 0 Å². The predicted molar refractivity (Wildman–Crippen MR) is 76.3 cm³/mol. The molecule has 2 nitrogen and oxygen atoms in total. The van der Waals surface area contributed by atoms with E-state index in [4.69, 9.17) is 11.6 Å². The van der Waals surface area contributed by atoms with Gasteiger partial charge in [0.05, 0.1) is 10.9 Å². The van der Waals surface area contributed by atoms with Crippen LogP contribution in [-0.2, 0) is 17.6 Å². The Labute approximate surface area is 126 Å². The molecule has 0 radical (unpaired) electrons. The van der Waals surface area contributed by atoms with E-state index in [-0.39, 0.29) is 17.9 Å². The Kier molecular flexibility index (Phi) is 4.91. The van der Waals surface area contributed by atoms with Crippen LogP contribution in [0.1, 0.15) is 11.1 Å². The smallest absolute Gasteiger partial charge is 0.307 e. The third-order valence-corrected chi connectivity index (χ3v) is 3.69. The van der Waals surface area contributed by atoms with Gasteiger partial charge in [0.15, 0.2) is 0 Å². The van der Waals surface area contributed by atoms with E-state index in [1.807, 2.05) is 0 Å². The van der Waals surface area contributed by atoms with Gasteiger partial charge in [-0.25, -0.2) is 8.78 Å². The molecule has 110 valence electrons. The lowest BCUT2D eigenvalue weighted by molar-refractivity contribution is -0.141. The summed E-state index contributed by atoms with van der Waals surface area (Å²) < 4.78 is 27.0. The molecule has 0 spiro atoms. The summed E-state index contributed by atoms with van der Waals surface area (Å²) in [4.78, 5) is 11.4. The van der Waals surface area contributed by atoms with E-state index in [2.05, 4.69) is 0 Å². The van der Waals surface area contributed by atoms with Gasteiger partial charge in [0, 0.05) is 0 Å². The molecule has 0 bridgehead atoms. The van der Waals surface area contributed by atoms with Gasteiger partial charge in [-0.1, -0.05) is 41.9 Å². The zero-order valence-electron chi connectivity index (χ0n) is 11.0. The number of carboxylic acids is 1. The number of aliphatic carboxylic acids is 1. The fourth-order valence-corrected chi connectivity index (χ4v) is 2.35. The number of halogens is 3. The van der Waals surface area contributed by atoms with Crippen molar-refractivity contribution in [1.29, 1.82) is 0 Å². The summed E-state index contributed by atoms with van der Waals surface area (Å²) in [5, 5.41) is 9.20. The molecule has 0 aliphatic carbocycles. The highest BCUT2D eigenvalue weighted by Crippen LogP contribution is 2.24. The number of carbonyl (C=O) groups is 1. The first-order chi connectivity index (χ1) is 9.99. The molecule has 21 heavy (non-hydrogen) atoms. The third-order valence-electron chi connectivity index (χ3n) is 3.27. The second-order valence-electron chi connectivity index (χ2n) is 4.75. The Hall–Kier alpha value is -1.94. The molecular formula is C16H13ClF2O2. The van der Waals surface area contributed by atoms with E-state index in [9.17, 15) is 18.7 Å². The molecule has 2 rings (SSSR count). The van der Waals surface area contributed by atoms with Crippen LogP contribution in [0.5, 0.6) is 0 Å². The summed E-state index contributed by atoms with van der Waals surface area (Å²) in [6.07, 6.45) is 0.0646. The van der Waals surface area contributed by atoms with Gasteiger partial charge in [0.2, 0.25) is 0 Å². The minimum atomic E-state index is -1.07. The van der Waals surface area contributed by atoms with Crippen LogP contribution in [0.25, 0.3) is 0 Å². The van der Waals surface area contributed by atoms with Gasteiger partial charge in [-0.05, 0) is 36.1 Å². The quantitative estimate of drug-likeness (QED) is 0.902. The Morgan fingerprint density at radius 3 is 2.24 bits per heavy atom. The molecule has 2 aromatic carbocycles. The van der Waals surface area contributed by atoms with Crippen LogP contribution in [0.15, 0.2) is 42.5 Å². The van der Waals surface area contributed by atoms with E-state index >= 15 is 0 Å². The van der Waals surface area contributed by atoms with Gasteiger partial charge >= 0.3 is 5.97 Å². The summed E-state index contributed by atoms with van der Waals surface area (Å²) in [6, 6.07) is 10.3. The highest BCUT2D eigenvalue weighted by atomic mass is 35.5. The van der Waals surface area contributed by atoms with Crippen LogP contribution in [0, 0.1) is 17.6 Å². The molecule has 2 aromatic rings. The van der Waals surface area contributed by atoms with Gasteiger partial charge in [0.25, 0.3) is 0 Å². The van der Waals surface area contributed by atoms with Gasteiger partial charge in [-0.3, -0.25) is 4.79 Å². The molecule has 0 aromatic heterocycles. The highest BCUT2D eigenvalue weighted by Gasteiger charge is 2.22. The van der Waals surface area contributed by atoms with E-state index < -0.39 is 23.5 Å². The molecule has 1 unspecified atom stereocenters. The first-order valence-corrected chi connectivity index (χ1v) is 6.76. The summed E-state index contributed by atoms with van der Waals surface area (Å²) in [6.45, 7) is 0. The normalized spacial score (nSPS) is 12.1. The van der Waals surface area contributed by atoms with E-state index in [0.29, 0.717) is 11.1 Å². The van der Waals surface area contributed by atoms with Crippen molar-refractivity contribution in [2.45, 2.75) is 12.8 Å². The fourth-order valence-electron chi connectivity index (χ4n) is 2.15. The maximum Gasteiger partial charge on any atom is 0.307 e. The van der Waals surface area contributed by atoms with Crippen LogP contribution >= 0.6 is 11.6 Å². The third kappa shape index (κ3) is 3.79. The second kappa shape index (κ2) is 6.68. The lowest BCUT2D eigenvalue weighted by atomic mass is 9.92. The van der Waals surface area contributed by atoms with Crippen LogP contribution in [0.2, 0.25) is 5.02 Å². The Morgan fingerprint density at radius 2 is 1.57 bits per heavy atom. The first kappa shape index (κ1) is 15.4. The average Bonchev–Trinajstić information content (AvgIpc) is 2.45. The largest absolute Gasteiger partial charge is 0.481 e. The molecule has 0 fully saturated rings. The second-order valence-corrected chi connectivity index (χ2v) is 5.13. The Morgan fingerprint density at radius 1 is 1.00 bits per heavy atom. The van der Waals surface area contributed by atoms with Gasteiger partial charge < -0.3 is 5.11 Å². The maximum absolute atomic E-state index is 13.6. The zero-order valence-corrected chi connectivity index (χ0v) is 11.8. The summed E-state index contributed by atoms with van der Waals surface area (Å²) in [5.41, 5.74) is 0.720. The zero-order chi connectivity index (χ0) is 15.4. The number of hydrogen-bond donors (Lipinski definition) is 1. The minimum absolute atomic E-state index is 0.0227. The summed E-state index contributed by atoms with van der Waals surface area (Å²) in [5.74, 6) is -2.99. The van der Waals surface area contributed by atoms with E-state index in [0.717, 1.165) is 0 Å². The lowest BCUT2D eigenvalue weighted by Crippen LogP contribution is -2.20. The molecule has 0 amide bonds. The number of benzene rings is 2. The van der Waals surface area contributed by atoms with Crippen LogP contribution in [-0.4, -0.2) is 11.1 Å². The van der Waals surface area contributed by atoms with Crippen LogP contribution in [0.3, 0.4) is 0 Å². The molecule has 0 aliphatic heterocycles. The van der Waals surface area contributed by atoms with Crippen LogP contribution < -0.4 is 0 Å². The van der Waals surface area contributed by atoms with E-state index in [1.165, 1.54) is 24.3 Å². The van der Waals surface area contributed by atoms with Crippen molar-refractivity contribution in [2.75, 3.05) is 0 Å². The average molecular weight is 311 g/mol. The molecule has 1 N–H and O–H groups in total. The monoisotopic (exact) mass is 310 g/mol. The molecule has 0 saturated carbocycles. The van der Waals surface area contributed by atoms with Crippen molar-refractivity contribution in [2.24, 2.45) is 5.92 Å². The van der Waals surface area contributed by atoms with Crippen molar-refractivity contribution in [3.63, 3.8) is 0 Å². The molecular weight excluding hydrogens is 298 g/mol. The number of rotatable bonds is 5. The molecule has 1 atom stereocenters. The summed E-state index contributed by atoms with van der Waals surface area (Å²) >= 11 is 5.83. The highest BCUT2D eigenvalue weighted by molar-refractivity contribution is 6.31. The van der Waals surface area contributed by atoms with Crippen molar-refractivity contribution >= 4 is 17.6 Å². The number of hydrogen-bond acceptors (Lipinski definition) is 1. The molecule has 0 saturated heterocycles. The van der Waals surface area contributed by atoms with Crippen LogP contribution in [0.4, 0.5) is 8.78 Å². The number of carboxylic acid groups (broad SMARTS) is 1. The summed E-state index contributed by atoms with van der Waals surface area (Å²) in [7, 11) is 0. The Balaban J connectivity index is 2.22. The standard InChI is InChI=1S/C16H13ClF2O2/c17-15-11(5-3-7-14(15)19)9-12(16(20)21)8-10-4-1-2-6-13(10)18/h1-7,12H,8-9H2,(H,20,21). The SMILES string of the molecule is O=C(O)C(Cc1ccccc1F)Cc1cccc(F)c1Cl. The van der Waals surface area contributed by atoms with Crippen molar-refractivity contribution in [1.82, 2.24) is 0 Å². The topological polar surface area (TPSA) is 37.3 Å². The first-order valence-electron chi connectivity index (χ1n) is 6.38. The van der Waals surface area contributed by atoms with Crippen molar-refractivity contribution in [3.05, 3.63) is 70.2 Å².